The van der Waals surface area contributed by atoms with Crippen molar-refractivity contribution in [3.05, 3.63) is 46.3 Å². The number of amides is 1. The van der Waals surface area contributed by atoms with Crippen LogP contribution in [-0.4, -0.2) is 17.6 Å². The van der Waals surface area contributed by atoms with Gasteiger partial charge in [0, 0.05) is 29.9 Å². The fraction of sp³-hybridized carbons (Fsp3) is 0.333. The Morgan fingerprint density at radius 3 is 2.95 bits per heavy atom. The van der Waals surface area contributed by atoms with Crippen LogP contribution in [0.5, 0.6) is 0 Å². The van der Waals surface area contributed by atoms with Crippen LogP contribution >= 0.6 is 12.4 Å². The molecule has 2 heterocycles. The van der Waals surface area contributed by atoms with Crippen molar-refractivity contribution in [2.75, 3.05) is 11.9 Å². The van der Waals surface area contributed by atoms with Crippen LogP contribution < -0.4 is 10.6 Å². The molecule has 0 fully saturated rings. The third kappa shape index (κ3) is 3.03. The average molecular weight is 308 g/mol. The molecule has 1 aromatic carbocycles. The molecule has 1 aromatic heterocycles. The van der Waals surface area contributed by atoms with Gasteiger partial charge < -0.3 is 15.2 Å². The molecule has 21 heavy (non-hydrogen) atoms. The van der Waals surface area contributed by atoms with E-state index in [0.717, 1.165) is 35.7 Å². The Kier molecular flexibility index (Phi) is 4.53. The third-order valence-corrected chi connectivity index (χ3v) is 3.68. The second kappa shape index (κ2) is 6.18. The number of fused-ring (bicyclic) bond motifs is 1. The molecule has 0 unspecified atom stereocenters. The fourth-order valence-corrected chi connectivity index (χ4v) is 2.47. The minimum Gasteiger partial charge on any atom is -0.384 e. The third-order valence-electron chi connectivity index (χ3n) is 3.68. The van der Waals surface area contributed by atoms with Gasteiger partial charge in [-0.1, -0.05) is 5.16 Å². The molecule has 5 nitrogen and oxygen atoms in total. The molecule has 0 atom stereocenters. The molecule has 0 spiro atoms. The Morgan fingerprint density at radius 1 is 1.43 bits per heavy atom. The number of aryl methyl sites for hydroxylation is 2. The van der Waals surface area contributed by atoms with Crippen molar-refractivity contribution in [3.63, 3.8) is 0 Å². The highest BCUT2D eigenvalue weighted by atomic mass is 35.5. The molecule has 1 aliphatic rings. The smallest absolute Gasteiger partial charge is 0.251 e. The van der Waals surface area contributed by atoms with Gasteiger partial charge in [-0.2, -0.15) is 0 Å². The van der Waals surface area contributed by atoms with Crippen molar-refractivity contribution in [2.24, 2.45) is 0 Å². The first-order valence-corrected chi connectivity index (χ1v) is 6.72. The zero-order valence-corrected chi connectivity index (χ0v) is 12.8. The normalized spacial score (nSPS) is 12.3. The van der Waals surface area contributed by atoms with Gasteiger partial charge in [0.15, 0.2) is 0 Å². The molecule has 0 aliphatic carbocycles. The first-order valence-electron chi connectivity index (χ1n) is 6.72. The van der Waals surface area contributed by atoms with E-state index in [0.29, 0.717) is 12.1 Å². The summed E-state index contributed by atoms with van der Waals surface area (Å²) >= 11 is 0. The Labute approximate surface area is 129 Å². The number of hydrogen-bond acceptors (Lipinski definition) is 4. The molecular formula is C15H18ClN3O2. The Morgan fingerprint density at radius 2 is 2.24 bits per heavy atom. The summed E-state index contributed by atoms with van der Waals surface area (Å²) < 4.78 is 5.08. The highest BCUT2D eigenvalue weighted by molar-refractivity contribution is 5.95. The van der Waals surface area contributed by atoms with Gasteiger partial charge in [-0.15, -0.1) is 12.4 Å². The molecule has 0 radical (unpaired) electrons. The summed E-state index contributed by atoms with van der Waals surface area (Å²) in [5.74, 6) is 0.681. The fourth-order valence-electron chi connectivity index (χ4n) is 2.47. The van der Waals surface area contributed by atoms with Crippen LogP contribution in [0.1, 0.15) is 32.9 Å². The van der Waals surface area contributed by atoms with E-state index < -0.39 is 0 Å². The second-order valence-corrected chi connectivity index (χ2v) is 5.03. The number of anilines is 1. The van der Waals surface area contributed by atoms with Crippen LogP contribution in [0.15, 0.2) is 22.7 Å². The van der Waals surface area contributed by atoms with Crippen molar-refractivity contribution < 1.29 is 9.32 Å². The number of carbonyl (C=O) groups is 1. The SMILES string of the molecule is Cc1noc(C)c1CNC(=O)c1ccc2c(c1)CCN2.Cl. The molecule has 2 aromatic rings. The van der Waals surface area contributed by atoms with Crippen LogP contribution in [0, 0.1) is 13.8 Å². The maximum atomic E-state index is 12.2. The number of carbonyl (C=O) groups excluding carboxylic acids is 1. The zero-order chi connectivity index (χ0) is 14.1. The van der Waals surface area contributed by atoms with Crippen LogP contribution in [0.3, 0.4) is 0 Å². The van der Waals surface area contributed by atoms with Crippen molar-refractivity contribution in [3.8, 4) is 0 Å². The summed E-state index contributed by atoms with van der Waals surface area (Å²) in [4.78, 5) is 12.2. The number of halogens is 1. The van der Waals surface area contributed by atoms with E-state index in [-0.39, 0.29) is 18.3 Å². The highest BCUT2D eigenvalue weighted by Gasteiger charge is 2.15. The van der Waals surface area contributed by atoms with Crippen LogP contribution in [0.4, 0.5) is 5.69 Å². The lowest BCUT2D eigenvalue weighted by molar-refractivity contribution is 0.0950. The minimum atomic E-state index is -0.0697. The van der Waals surface area contributed by atoms with Crippen molar-refractivity contribution >= 4 is 24.0 Å². The van der Waals surface area contributed by atoms with Gasteiger partial charge in [-0.3, -0.25) is 4.79 Å². The van der Waals surface area contributed by atoms with Gasteiger partial charge in [-0.05, 0) is 44.0 Å². The first-order chi connectivity index (χ1) is 9.65. The molecule has 0 bridgehead atoms. The summed E-state index contributed by atoms with van der Waals surface area (Å²) in [6, 6.07) is 5.77. The van der Waals surface area contributed by atoms with Crippen molar-refractivity contribution in [1.29, 1.82) is 0 Å². The molecular weight excluding hydrogens is 290 g/mol. The summed E-state index contributed by atoms with van der Waals surface area (Å²) in [7, 11) is 0. The van der Waals surface area contributed by atoms with E-state index in [1.807, 2.05) is 32.0 Å². The zero-order valence-electron chi connectivity index (χ0n) is 12.0. The van der Waals surface area contributed by atoms with Gasteiger partial charge in [0.2, 0.25) is 0 Å². The van der Waals surface area contributed by atoms with Gasteiger partial charge in [-0.25, -0.2) is 0 Å². The Bertz CT molecular complexity index is 647. The van der Waals surface area contributed by atoms with Crippen LogP contribution in [0.25, 0.3) is 0 Å². The van der Waals surface area contributed by atoms with Crippen LogP contribution in [0.2, 0.25) is 0 Å². The molecule has 2 N–H and O–H groups in total. The number of aromatic nitrogens is 1. The topological polar surface area (TPSA) is 67.2 Å². The summed E-state index contributed by atoms with van der Waals surface area (Å²) in [5, 5.41) is 10.1. The number of hydrogen-bond donors (Lipinski definition) is 2. The number of nitrogens with zero attached hydrogens (tertiary/aromatic N) is 1. The van der Waals surface area contributed by atoms with Gasteiger partial charge in [0.05, 0.1) is 5.69 Å². The average Bonchev–Trinajstić information content (AvgIpc) is 3.03. The van der Waals surface area contributed by atoms with Crippen molar-refractivity contribution in [1.82, 2.24) is 10.5 Å². The van der Waals surface area contributed by atoms with E-state index >= 15 is 0 Å². The lowest BCUT2D eigenvalue weighted by Gasteiger charge is -2.06. The monoisotopic (exact) mass is 307 g/mol. The second-order valence-electron chi connectivity index (χ2n) is 5.03. The van der Waals surface area contributed by atoms with Gasteiger partial charge in [0.1, 0.15) is 5.76 Å². The molecule has 1 aliphatic heterocycles. The van der Waals surface area contributed by atoms with Gasteiger partial charge >= 0.3 is 0 Å². The molecule has 1 amide bonds. The highest BCUT2D eigenvalue weighted by Crippen LogP contribution is 2.23. The number of benzene rings is 1. The standard InChI is InChI=1S/C15H17N3O2.ClH/c1-9-13(10(2)20-18-9)8-17-15(19)12-3-4-14-11(7-12)5-6-16-14;/h3-4,7,16H,5-6,8H2,1-2H3,(H,17,19);1H. The molecule has 3 rings (SSSR count). The summed E-state index contributed by atoms with van der Waals surface area (Å²) in [5.41, 5.74) is 4.80. The van der Waals surface area contributed by atoms with E-state index in [1.54, 1.807) is 0 Å². The maximum Gasteiger partial charge on any atom is 0.251 e. The summed E-state index contributed by atoms with van der Waals surface area (Å²) in [6.07, 6.45) is 0.973. The van der Waals surface area contributed by atoms with E-state index in [9.17, 15) is 4.79 Å². The number of rotatable bonds is 3. The predicted molar refractivity (Wildman–Crippen MR) is 83.0 cm³/mol. The van der Waals surface area contributed by atoms with Crippen molar-refractivity contribution in [2.45, 2.75) is 26.8 Å². The molecule has 0 saturated heterocycles. The van der Waals surface area contributed by atoms with E-state index in [4.69, 9.17) is 4.52 Å². The Balaban J connectivity index is 0.00000161. The first kappa shape index (κ1) is 15.4. The molecule has 6 heteroatoms. The quantitative estimate of drug-likeness (QED) is 0.914. The van der Waals surface area contributed by atoms with Gasteiger partial charge in [0.25, 0.3) is 5.91 Å². The largest absolute Gasteiger partial charge is 0.384 e. The molecule has 0 saturated carbocycles. The molecule has 112 valence electrons. The predicted octanol–water partition coefficient (Wildman–Crippen LogP) is 2.61. The van der Waals surface area contributed by atoms with Crippen LogP contribution in [-0.2, 0) is 13.0 Å². The lowest BCUT2D eigenvalue weighted by Crippen LogP contribution is -2.23. The minimum absolute atomic E-state index is 0. The lowest BCUT2D eigenvalue weighted by atomic mass is 10.1. The van der Waals surface area contributed by atoms with E-state index in [2.05, 4.69) is 15.8 Å². The Hall–Kier alpha value is -2.01. The number of nitrogens with one attached hydrogen (secondary N) is 2. The van der Waals surface area contributed by atoms with E-state index in [1.165, 1.54) is 5.56 Å². The summed E-state index contributed by atoms with van der Waals surface area (Å²) in [6.45, 7) is 5.11. The maximum absolute atomic E-state index is 12.2.